The van der Waals surface area contributed by atoms with Crippen LogP contribution in [0.3, 0.4) is 0 Å². The second-order valence-electron chi connectivity index (χ2n) is 4.89. The first-order valence-corrected chi connectivity index (χ1v) is 7.72. The number of alkyl halides is 1. The van der Waals surface area contributed by atoms with Crippen molar-refractivity contribution in [3.05, 3.63) is 70.3 Å². The zero-order valence-corrected chi connectivity index (χ0v) is 13.3. The Bertz CT molecular complexity index is 622. The van der Waals surface area contributed by atoms with Gasteiger partial charge in [0.2, 0.25) is 0 Å². The van der Waals surface area contributed by atoms with Crippen molar-refractivity contribution in [2.45, 2.75) is 25.7 Å². The molecule has 0 aliphatic rings. The number of aryl methyl sites for hydroxylation is 2. The Balaban J connectivity index is 2.06. The Morgan fingerprint density at radius 2 is 1.85 bits per heavy atom. The molecule has 0 saturated heterocycles. The summed E-state index contributed by atoms with van der Waals surface area (Å²) in [6, 6.07) is 13.9. The molecule has 0 atom stereocenters. The first-order valence-electron chi connectivity index (χ1n) is 6.60. The van der Waals surface area contributed by atoms with Crippen LogP contribution in [-0.2, 0) is 11.9 Å². The SMILES string of the molecule is Cc1ccc(CNC(=O)c2ccccc2CBr)cc1C. The number of benzene rings is 2. The molecule has 0 aliphatic carbocycles. The van der Waals surface area contributed by atoms with Crippen LogP contribution in [0.1, 0.15) is 32.6 Å². The highest BCUT2D eigenvalue weighted by Crippen LogP contribution is 2.13. The number of hydrogen-bond donors (Lipinski definition) is 1. The van der Waals surface area contributed by atoms with Crippen molar-refractivity contribution >= 4 is 21.8 Å². The summed E-state index contributed by atoms with van der Waals surface area (Å²) in [5, 5.41) is 3.66. The molecule has 2 aromatic carbocycles. The Kier molecular flexibility index (Phi) is 4.96. The normalized spacial score (nSPS) is 10.3. The molecule has 0 bridgehead atoms. The molecule has 3 heteroatoms. The monoisotopic (exact) mass is 331 g/mol. The average molecular weight is 332 g/mol. The third kappa shape index (κ3) is 3.48. The van der Waals surface area contributed by atoms with Gasteiger partial charge in [0, 0.05) is 17.4 Å². The topological polar surface area (TPSA) is 29.1 Å². The highest BCUT2D eigenvalue weighted by molar-refractivity contribution is 9.08. The van der Waals surface area contributed by atoms with E-state index in [1.165, 1.54) is 11.1 Å². The van der Waals surface area contributed by atoms with E-state index in [1.807, 2.05) is 24.3 Å². The van der Waals surface area contributed by atoms with Crippen molar-refractivity contribution in [2.75, 3.05) is 0 Å². The maximum Gasteiger partial charge on any atom is 0.251 e. The average Bonchev–Trinajstić information content (AvgIpc) is 2.48. The van der Waals surface area contributed by atoms with Crippen molar-refractivity contribution in [1.29, 1.82) is 0 Å². The lowest BCUT2D eigenvalue weighted by atomic mass is 10.1. The van der Waals surface area contributed by atoms with Crippen LogP contribution < -0.4 is 5.32 Å². The van der Waals surface area contributed by atoms with Crippen LogP contribution in [0.25, 0.3) is 0 Å². The van der Waals surface area contributed by atoms with E-state index in [0.29, 0.717) is 11.9 Å². The molecule has 2 nitrogen and oxygen atoms in total. The smallest absolute Gasteiger partial charge is 0.251 e. The lowest BCUT2D eigenvalue weighted by Gasteiger charge is -2.09. The van der Waals surface area contributed by atoms with Gasteiger partial charge in [0.05, 0.1) is 0 Å². The van der Waals surface area contributed by atoms with Gasteiger partial charge in [0.25, 0.3) is 5.91 Å². The minimum atomic E-state index is -0.0294. The van der Waals surface area contributed by atoms with E-state index in [0.717, 1.165) is 16.7 Å². The molecule has 1 N–H and O–H groups in total. The molecule has 0 spiro atoms. The Labute approximate surface area is 128 Å². The molecule has 1 amide bonds. The van der Waals surface area contributed by atoms with E-state index in [9.17, 15) is 4.79 Å². The van der Waals surface area contributed by atoms with Gasteiger partial charge >= 0.3 is 0 Å². The van der Waals surface area contributed by atoms with E-state index in [4.69, 9.17) is 0 Å². The van der Waals surface area contributed by atoms with Gasteiger partial charge in [-0.15, -0.1) is 0 Å². The van der Waals surface area contributed by atoms with Crippen LogP contribution in [0.5, 0.6) is 0 Å². The fourth-order valence-corrected chi connectivity index (χ4v) is 2.54. The number of amides is 1. The summed E-state index contributed by atoms with van der Waals surface area (Å²) in [6.45, 7) is 4.72. The fraction of sp³-hybridized carbons (Fsp3) is 0.235. The van der Waals surface area contributed by atoms with Gasteiger partial charge in [0.15, 0.2) is 0 Å². The molecular weight excluding hydrogens is 314 g/mol. The number of halogens is 1. The summed E-state index contributed by atoms with van der Waals surface area (Å²) in [4.78, 5) is 12.2. The Morgan fingerprint density at radius 1 is 1.10 bits per heavy atom. The summed E-state index contributed by atoms with van der Waals surface area (Å²) in [7, 11) is 0. The molecule has 2 rings (SSSR count). The lowest BCUT2D eigenvalue weighted by molar-refractivity contribution is 0.0950. The van der Waals surface area contributed by atoms with Gasteiger partial charge in [-0.25, -0.2) is 0 Å². The minimum Gasteiger partial charge on any atom is -0.348 e. The van der Waals surface area contributed by atoms with E-state index >= 15 is 0 Å². The molecule has 0 saturated carbocycles. The van der Waals surface area contributed by atoms with Crippen LogP contribution in [0, 0.1) is 13.8 Å². The van der Waals surface area contributed by atoms with Crippen molar-refractivity contribution in [1.82, 2.24) is 5.32 Å². The molecule has 0 fully saturated rings. The zero-order valence-electron chi connectivity index (χ0n) is 11.7. The second-order valence-corrected chi connectivity index (χ2v) is 5.45. The van der Waals surface area contributed by atoms with Crippen molar-refractivity contribution in [3.8, 4) is 0 Å². The molecule has 0 heterocycles. The first kappa shape index (κ1) is 14.8. The molecule has 0 aromatic heterocycles. The zero-order chi connectivity index (χ0) is 14.5. The number of hydrogen-bond acceptors (Lipinski definition) is 1. The van der Waals surface area contributed by atoms with Crippen molar-refractivity contribution in [3.63, 3.8) is 0 Å². The van der Waals surface area contributed by atoms with Gasteiger partial charge in [0.1, 0.15) is 0 Å². The summed E-state index contributed by atoms with van der Waals surface area (Å²) in [5.41, 5.74) is 5.37. The van der Waals surface area contributed by atoms with E-state index in [2.05, 4.69) is 53.3 Å². The third-order valence-electron chi connectivity index (χ3n) is 3.43. The standard InChI is InChI=1S/C17H18BrNO/c1-12-7-8-14(9-13(12)2)11-19-17(20)16-6-4-3-5-15(16)10-18/h3-9H,10-11H2,1-2H3,(H,19,20). The van der Waals surface area contributed by atoms with Crippen molar-refractivity contribution in [2.24, 2.45) is 0 Å². The van der Waals surface area contributed by atoms with Gasteiger partial charge in [-0.1, -0.05) is 52.3 Å². The minimum absolute atomic E-state index is 0.0294. The third-order valence-corrected chi connectivity index (χ3v) is 4.03. The highest BCUT2D eigenvalue weighted by atomic mass is 79.9. The fourth-order valence-electron chi connectivity index (χ4n) is 2.05. The van der Waals surface area contributed by atoms with Crippen LogP contribution >= 0.6 is 15.9 Å². The van der Waals surface area contributed by atoms with Crippen LogP contribution in [-0.4, -0.2) is 5.91 Å². The number of carbonyl (C=O) groups excluding carboxylic acids is 1. The summed E-state index contributed by atoms with van der Waals surface area (Å²) < 4.78 is 0. The van der Waals surface area contributed by atoms with Crippen LogP contribution in [0.4, 0.5) is 0 Å². The van der Waals surface area contributed by atoms with Crippen molar-refractivity contribution < 1.29 is 4.79 Å². The predicted octanol–water partition coefficient (Wildman–Crippen LogP) is 4.13. The number of nitrogens with one attached hydrogen (secondary N) is 1. The Hall–Kier alpha value is -1.61. The maximum absolute atomic E-state index is 12.2. The molecule has 0 aliphatic heterocycles. The number of rotatable bonds is 4. The molecule has 0 unspecified atom stereocenters. The maximum atomic E-state index is 12.2. The van der Waals surface area contributed by atoms with E-state index in [-0.39, 0.29) is 5.91 Å². The first-order chi connectivity index (χ1) is 9.61. The second kappa shape index (κ2) is 6.71. The molecular formula is C17H18BrNO. The van der Waals surface area contributed by atoms with E-state index < -0.39 is 0 Å². The van der Waals surface area contributed by atoms with Gasteiger partial charge in [-0.05, 0) is 42.2 Å². The molecule has 2 aromatic rings. The van der Waals surface area contributed by atoms with E-state index in [1.54, 1.807) is 0 Å². The quantitative estimate of drug-likeness (QED) is 0.838. The summed E-state index contributed by atoms with van der Waals surface area (Å²) in [6.07, 6.45) is 0. The lowest BCUT2D eigenvalue weighted by Crippen LogP contribution is -2.23. The Morgan fingerprint density at radius 3 is 2.55 bits per heavy atom. The van der Waals surface area contributed by atoms with Crippen LogP contribution in [0.15, 0.2) is 42.5 Å². The molecule has 0 radical (unpaired) electrons. The van der Waals surface area contributed by atoms with Gasteiger partial charge in [-0.2, -0.15) is 0 Å². The number of carbonyl (C=O) groups is 1. The molecule has 20 heavy (non-hydrogen) atoms. The largest absolute Gasteiger partial charge is 0.348 e. The summed E-state index contributed by atoms with van der Waals surface area (Å²) in [5.74, 6) is -0.0294. The van der Waals surface area contributed by atoms with Gasteiger partial charge in [-0.3, -0.25) is 4.79 Å². The van der Waals surface area contributed by atoms with Crippen LogP contribution in [0.2, 0.25) is 0 Å². The highest BCUT2D eigenvalue weighted by Gasteiger charge is 2.09. The molecule has 104 valence electrons. The van der Waals surface area contributed by atoms with Gasteiger partial charge < -0.3 is 5.32 Å². The summed E-state index contributed by atoms with van der Waals surface area (Å²) >= 11 is 3.41. The predicted molar refractivity (Wildman–Crippen MR) is 86.2 cm³/mol.